The summed E-state index contributed by atoms with van der Waals surface area (Å²) in [6.07, 6.45) is 2.88. The first-order chi connectivity index (χ1) is 10.3. The third kappa shape index (κ3) is 27.2. The van der Waals surface area contributed by atoms with Crippen LogP contribution in [0.25, 0.3) is 0 Å². The number of carbonyl (C=O) groups excluding carboxylic acids is 2. The molecule has 0 saturated carbocycles. The molecule has 0 aromatic heterocycles. The number of carbonyl (C=O) groups is 2. The molecule has 0 bridgehead atoms. The Hall–Kier alpha value is 0.0597. The molecule has 23 heavy (non-hydrogen) atoms. The van der Waals surface area contributed by atoms with Gasteiger partial charge < -0.3 is 19.8 Å². The van der Waals surface area contributed by atoms with Crippen molar-refractivity contribution in [3.8, 4) is 0 Å². The van der Waals surface area contributed by atoms with Gasteiger partial charge in [-0.15, -0.1) is 0 Å². The van der Waals surface area contributed by atoms with Gasteiger partial charge in [-0.1, -0.05) is 52.4 Å². The number of halogens is 2. The van der Waals surface area contributed by atoms with Crippen molar-refractivity contribution >= 4 is 49.7 Å². The van der Waals surface area contributed by atoms with E-state index in [9.17, 15) is 28.6 Å². The Morgan fingerprint density at radius 2 is 1.09 bits per heavy atom. The number of carboxylic acids is 2. The summed E-state index contributed by atoms with van der Waals surface area (Å²) in [7, 11) is 0. The largest absolute Gasteiger partial charge is 2.00 e. The Labute approximate surface area is 168 Å². The minimum absolute atomic E-state index is 0. The summed E-state index contributed by atoms with van der Waals surface area (Å²) in [5, 5.41) is 19.8. The van der Waals surface area contributed by atoms with Crippen LogP contribution in [0.5, 0.6) is 0 Å². The molecule has 2 atom stereocenters. The van der Waals surface area contributed by atoms with Crippen molar-refractivity contribution in [1.82, 2.24) is 0 Å². The fraction of sp³-hybridized carbons (Fsp3) is 0.875. The minimum atomic E-state index is -1.30. The van der Waals surface area contributed by atoms with Crippen molar-refractivity contribution in [2.24, 2.45) is 0 Å². The number of carboxylic acid groups (broad SMARTS) is 2. The molecule has 0 aliphatic heterocycles. The first-order valence-electron chi connectivity index (χ1n) is 8.01. The van der Waals surface area contributed by atoms with Gasteiger partial charge in [0, 0.05) is 24.8 Å². The summed E-state index contributed by atoms with van der Waals surface area (Å²) in [5.74, 6) is -2.59. The van der Waals surface area contributed by atoms with E-state index >= 15 is 0 Å². The Morgan fingerprint density at radius 3 is 1.30 bits per heavy atom. The average Bonchev–Trinajstić information content (AvgIpc) is 2.38. The second-order valence-corrected chi connectivity index (χ2v) is 5.34. The summed E-state index contributed by atoms with van der Waals surface area (Å²) < 4.78 is 25.1. The van der Waals surface area contributed by atoms with Crippen molar-refractivity contribution in [3.05, 3.63) is 0 Å². The summed E-state index contributed by atoms with van der Waals surface area (Å²) in [6.45, 7) is 4.04. The summed E-state index contributed by atoms with van der Waals surface area (Å²) in [5.41, 5.74) is 0. The van der Waals surface area contributed by atoms with Gasteiger partial charge in [-0.25, -0.2) is 8.78 Å². The van der Waals surface area contributed by atoms with Gasteiger partial charge in [0.25, 0.3) is 0 Å². The maximum absolute atomic E-state index is 12.6. The van der Waals surface area contributed by atoms with E-state index in [-0.39, 0.29) is 37.7 Å². The maximum atomic E-state index is 12.6. The number of hydrogen-bond donors (Lipinski definition) is 0. The monoisotopic (exact) mass is 362 g/mol. The van der Waals surface area contributed by atoms with Crippen LogP contribution in [-0.2, 0) is 9.59 Å². The molecule has 2 unspecified atom stereocenters. The molecule has 0 aromatic rings. The van der Waals surface area contributed by atoms with Crippen molar-refractivity contribution in [1.29, 1.82) is 0 Å². The molecule has 0 spiro atoms. The van der Waals surface area contributed by atoms with Gasteiger partial charge in [0.2, 0.25) is 0 Å². The van der Waals surface area contributed by atoms with E-state index in [1.165, 1.54) is 0 Å². The molecular formula is C16H28CaF2O4. The molecule has 0 aliphatic carbocycles. The summed E-state index contributed by atoms with van der Waals surface area (Å²) in [6, 6.07) is 0. The predicted molar refractivity (Wildman–Crippen MR) is 83.1 cm³/mol. The smallest absolute Gasteiger partial charge is 0.550 e. The molecule has 0 fully saturated rings. The average molecular weight is 362 g/mol. The zero-order valence-electron chi connectivity index (χ0n) is 14.3. The van der Waals surface area contributed by atoms with E-state index in [2.05, 4.69) is 0 Å². The van der Waals surface area contributed by atoms with Gasteiger partial charge in [-0.05, 0) is 12.8 Å². The van der Waals surface area contributed by atoms with E-state index in [0.717, 1.165) is 38.5 Å². The van der Waals surface area contributed by atoms with E-state index in [4.69, 9.17) is 0 Å². The summed E-state index contributed by atoms with van der Waals surface area (Å²) in [4.78, 5) is 19.8. The molecule has 0 amide bonds. The van der Waals surface area contributed by atoms with Crippen LogP contribution in [0, 0.1) is 0 Å². The third-order valence-corrected chi connectivity index (χ3v) is 3.02. The molecule has 7 heteroatoms. The minimum Gasteiger partial charge on any atom is -0.550 e. The zero-order chi connectivity index (χ0) is 17.4. The van der Waals surface area contributed by atoms with Gasteiger partial charge >= 0.3 is 37.7 Å². The van der Waals surface area contributed by atoms with Crippen molar-refractivity contribution in [2.75, 3.05) is 0 Å². The van der Waals surface area contributed by atoms with Crippen LogP contribution in [-0.4, -0.2) is 62.0 Å². The Kier molecular flexibility index (Phi) is 24.4. The van der Waals surface area contributed by atoms with E-state index < -0.39 is 37.1 Å². The molecule has 0 saturated heterocycles. The molecule has 4 nitrogen and oxygen atoms in total. The normalized spacial score (nSPS) is 12.3. The van der Waals surface area contributed by atoms with Crippen LogP contribution in [0.4, 0.5) is 8.78 Å². The second kappa shape index (κ2) is 20.1. The molecule has 0 aliphatic rings. The van der Waals surface area contributed by atoms with Gasteiger partial charge in [0.05, 0.1) is 0 Å². The van der Waals surface area contributed by atoms with Crippen LogP contribution in [0.15, 0.2) is 0 Å². The summed E-state index contributed by atoms with van der Waals surface area (Å²) >= 11 is 0. The Morgan fingerprint density at radius 1 is 0.783 bits per heavy atom. The van der Waals surface area contributed by atoms with Gasteiger partial charge in [0.15, 0.2) is 0 Å². The van der Waals surface area contributed by atoms with Gasteiger partial charge in [0.1, 0.15) is 12.3 Å². The molecular weight excluding hydrogens is 334 g/mol. The van der Waals surface area contributed by atoms with Crippen LogP contribution in [0.2, 0.25) is 0 Å². The first-order valence-corrected chi connectivity index (χ1v) is 8.01. The molecule has 0 N–H and O–H groups in total. The van der Waals surface area contributed by atoms with Crippen molar-refractivity contribution < 1.29 is 28.6 Å². The van der Waals surface area contributed by atoms with Crippen LogP contribution in [0.1, 0.15) is 78.1 Å². The standard InChI is InChI=1S/2C8H15FO2.Ca/c2*1-2-3-4-5-7(9)6-8(10)11;/h2*7H,2-6H2,1H3,(H,10,11);/q;;+2/p-2. The first kappa shape index (κ1) is 27.9. The number of aliphatic carboxylic acids is 2. The third-order valence-electron chi connectivity index (χ3n) is 3.02. The van der Waals surface area contributed by atoms with Crippen LogP contribution >= 0.6 is 0 Å². The fourth-order valence-electron chi connectivity index (χ4n) is 1.80. The fourth-order valence-corrected chi connectivity index (χ4v) is 1.80. The van der Waals surface area contributed by atoms with Gasteiger partial charge in [-0.2, -0.15) is 0 Å². The quantitative estimate of drug-likeness (QED) is 0.391. The van der Waals surface area contributed by atoms with E-state index in [0.29, 0.717) is 12.8 Å². The topological polar surface area (TPSA) is 80.3 Å². The van der Waals surface area contributed by atoms with Crippen LogP contribution < -0.4 is 10.2 Å². The molecule has 0 aromatic carbocycles. The predicted octanol–water partition coefficient (Wildman–Crippen LogP) is 1.71. The van der Waals surface area contributed by atoms with Crippen LogP contribution in [0.3, 0.4) is 0 Å². The Bertz CT molecular complexity index is 263. The molecule has 0 radical (unpaired) electrons. The van der Waals surface area contributed by atoms with E-state index in [1.807, 2.05) is 13.8 Å². The second-order valence-electron chi connectivity index (χ2n) is 5.34. The number of alkyl halides is 2. The molecule has 132 valence electrons. The number of unbranched alkanes of at least 4 members (excludes halogenated alkanes) is 4. The zero-order valence-corrected chi connectivity index (χ0v) is 16.5. The molecule has 0 heterocycles. The van der Waals surface area contributed by atoms with Crippen molar-refractivity contribution in [2.45, 2.75) is 90.4 Å². The SMILES string of the molecule is CCCCCC(F)CC(=O)[O-].CCCCCC(F)CC(=O)[O-].[Ca+2]. The Balaban J connectivity index is -0.000000333. The van der Waals surface area contributed by atoms with E-state index in [1.54, 1.807) is 0 Å². The maximum Gasteiger partial charge on any atom is 2.00 e. The van der Waals surface area contributed by atoms with Gasteiger partial charge in [-0.3, -0.25) is 0 Å². The molecule has 0 rings (SSSR count). The van der Waals surface area contributed by atoms with Crippen molar-refractivity contribution in [3.63, 3.8) is 0 Å². The number of hydrogen-bond acceptors (Lipinski definition) is 4. The number of rotatable bonds is 12.